The molecule has 2 amide bonds. The first-order valence-corrected chi connectivity index (χ1v) is 10.0. The molecule has 176 valence electrons. The summed E-state index contributed by atoms with van der Waals surface area (Å²) in [5.74, 6) is -2.04. The molecule has 0 unspecified atom stereocenters. The van der Waals surface area contributed by atoms with Crippen LogP contribution in [0.15, 0.2) is 71.3 Å². The predicted molar refractivity (Wildman–Crippen MR) is 119 cm³/mol. The van der Waals surface area contributed by atoms with Gasteiger partial charge in [-0.05, 0) is 23.8 Å². The van der Waals surface area contributed by atoms with Gasteiger partial charge >= 0.3 is 5.97 Å². The molecule has 0 bridgehead atoms. The average molecular weight is 467 g/mol. The van der Waals surface area contributed by atoms with Crippen molar-refractivity contribution in [2.75, 3.05) is 19.0 Å². The number of benzene rings is 2. The summed E-state index contributed by atoms with van der Waals surface area (Å²) >= 11 is 0. The summed E-state index contributed by atoms with van der Waals surface area (Å²) in [6.07, 6.45) is 1.46. The maximum absolute atomic E-state index is 12.7. The molecule has 0 spiro atoms. The first-order chi connectivity index (χ1) is 16.4. The van der Waals surface area contributed by atoms with E-state index in [-0.39, 0.29) is 29.3 Å². The summed E-state index contributed by atoms with van der Waals surface area (Å²) in [5, 5.41) is 15.9. The van der Waals surface area contributed by atoms with E-state index in [9.17, 15) is 24.5 Å². The van der Waals surface area contributed by atoms with Crippen LogP contribution in [0.4, 0.5) is 11.4 Å². The molecule has 1 heterocycles. The number of esters is 1. The standard InChI is InChI=1S/C23H21N3O8/c1-32-20-13-16(26(30)31)9-10-17(20)24-21(27)14-34-23(29)18(12-15-6-3-2-4-7-15)25-22(28)19-8-5-11-33-19/h2-11,13,18H,12,14H2,1H3,(H,24,27)(H,25,28)/t18-/m0/s1. The van der Waals surface area contributed by atoms with Crippen LogP contribution in [-0.4, -0.2) is 42.5 Å². The molecule has 0 aliphatic rings. The number of nitro groups is 1. The molecule has 2 N–H and O–H groups in total. The summed E-state index contributed by atoms with van der Waals surface area (Å²) in [5.41, 5.74) is 0.725. The second-order valence-electron chi connectivity index (χ2n) is 6.99. The molecule has 0 saturated heterocycles. The van der Waals surface area contributed by atoms with Gasteiger partial charge in [0.05, 0.1) is 30.1 Å². The molecular weight excluding hydrogens is 446 g/mol. The van der Waals surface area contributed by atoms with Crippen LogP contribution in [0.25, 0.3) is 0 Å². The summed E-state index contributed by atoms with van der Waals surface area (Å²) in [7, 11) is 1.30. The monoisotopic (exact) mass is 467 g/mol. The Balaban J connectivity index is 1.64. The van der Waals surface area contributed by atoms with Gasteiger partial charge in [0.15, 0.2) is 12.4 Å². The van der Waals surface area contributed by atoms with E-state index in [1.54, 1.807) is 24.3 Å². The Morgan fingerprint density at radius 1 is 1.09 bits per heavy atom. The van der Waals surface area contributed by atoms with E-state index in [1.165, 1.54) is 37.6 Å². The number of amides is 2. The quantitative estimate of drug-likeness (QED) is 0.262. The number of hydrogen-bond donors (Lipinski definition) is 2. The minimum Gasteiger partial charge on any atom is -0.494 e. The third kappa shape index (κ3) is 6.42. The average Bonchev–Trinajstić information content (AvgIpc) is 3.38. The summed E-state index contributed by atoms with van der Waals surface area (Å²) in [6.45, 7) is -0.652. The number of ether oxygens (including phenoxy) is 2. The van der Waals surface area contributed by atoms with Gasteiger partial charge in [0, 0.05) is 12.5 Å². The van der Waals surface area contributed by atoms with Crippen LogP contribution < -0.4 is 15.4 Å². The van der Waals surface area contributed by atoms with Crippen molar-refractivity contribution in [2.24, 2.45) is 0 Å². The summed E-state index contributed by atoms with van der Waals surface area (Å²) in [4.78, 5) is 47.7. The Bertz CT molecular complexity index is 1160. The topological polar surface area (TPSA) is 150 Å². The number of nitro benzene ring substituents is 1. The fraction of sp³-hybridized carbons (Fsp3) is 0.174. The second-order valence-corrected chi connectivity index (χ2v) is 6.99. The minimum absolute atomic E-state index is 0.0221. The molecule has 0 aliphatic carbocycles. The van der Waals surface area contributed by atoms with Crippen molar-refractivity contribution in [3.63, 3.8) is 0 Å². The molecule has 1 atom stereocenters. The maximum Gasteiger partial charge on any atom is 0.329 e. The number of rotatable bonds is 10. The van der Waals surface area contributed by atoms with E-state index >= 15 is 0 Å². The molecule has 11 heteroatoms. The SMILES string of the molecule is COc1cc([N+](=O)[O-])ccc1NC(=O)COC(=O)[C@H](Cc1ccccc1)NC(=O)c1ccco1. The number of carbonyl (C=O) groups excluding carboxylic acids is 3. The normalized spacial score (nSPS) is 11.2. The van der Waals surface area contributed by atoms with E-state index in [0.717, 1.165) is 11.6 Å². The van der Waals surface area contributed by atoms with Gasteiger partial charge in [-0.15, -0.1) is 0 Å². The highest BCUT2D eigenvalue weighted by Gasteiger charge is 2.25. The van der Waals surface area contributed by atoms with Crippen molar-refractivity contribution in [3.05, 3.63) is 88.4 Å². The van der Waals surface area contributed by atoms with Crippen molar-refractivity contribution in [2.45, 2.75) is 12.5 Å². The van der Waals surface area contributed by atoms with Gasteiger partial charge in [-0.1, -0.05) is 30.3 Å². The largest absolute Gasteiger partial charge is 0.494 e. The molecule has 3 aromatic rings. The molecule has 0 aliphatic heterocycles. The molecule has 0 fully saturated rings. The van der Waals surface area contributed by atoms with Crippen LogP contribution in [0.1, 0.15) is 16.1 Å². The highest BCUT2D eigenvalue weighted by molar-refractivity contribution is 5.96. The van der Waals surface area contributed by atoms with Gasteiger partial charge in [-0.25, -0.2) is 4.79 Å². The van der Waals surface area contributed by atoms with Gasteiger partial charge in [0.1, 0.15) is 11.8 Å². The zero-order chi connectivity index (χ0) is 24.5. The number of carbonyl (C=O) groups is 3. The molecule has 0 radical (unpaired) electrons. The van der Waals surface area contributed by atoms with Crippen LogP contribution in [0.3, 0.4) is 0 Å². The molecule has 0 saturated carbocycles. The van der Waals surface area contributed by atoms with Crippen LogP contribution >= 0.6 is 0 Å². The zero-order valence-corrected chi connectivity index (χ0v) is 18.1. The van der Waals surface area contributed by atoms with Crippen molar-refractivity contribution in [1.29, 1.82) is 0 Å². The van der Waals surface area contributed by atoms with E-state index in [0.29, 0.717) is 0 Å². The van der Waals surface area contributed by atoms with E-state index in [4.69, 9.17) is 13.9 Å². The Morgan fingerprint density at radius 3 is 2.50 bits per heavy atom. The van der Waals surface area contributed by atoms with E-state index in [2.05, 4.69) is 10.6 Å². The summed E-state index contributed by atoms with van der Waals surface area (Å²) < 4.78 is 15.2. The molecule has 3 rings (SSSR count). The molecular formula is C23H21N3O8. The van der Waals surface area contributed by atoms with Gasteiger partial charge in [-0.3, -0.25) is 19.7 Å². The van der Waals surface area contributed by atoms with E-state index < -0.39 is 35.4 Å². The number of nitrogens with one attached hydrogen (secondary N) is 2. The minimum atomic E-state index is -1.08. The summed E-state index contributed by atoms with van der Waals surface area (Å²) in [6, 6.07) is 14.5. The first kappa shape index (κ1) is 24.0. The maximum atomic E-state index is 12.7. The lowest BCUT2D eigenvalue weighted by atomic mass is 10.1. The third-order valence-corrected chi connectivity index (χ3v) is 4.63. The number of nitrogens with zero attached hydrogens (tertiary/aromatic N) is 1. The number of hydrogen-bond acceptors (Lipinski definition) is 8. The van der Waals surface area contributed by atoms with Gasteiger partial charge in [0.25, 0.3) is 17.5 Å². The van der Waals surface area contributed by atoms with Crippen LogP contribution in [0, 0.1) is 10.1 Å². The third-order valence-electron chi connectivity index (χ3n) is 4.63. The van der Waals surface area contributed by atoms with Crippen molar-refractivity contribution >= 4 is 29.2 Å². The van der Waals surface area contributed by atoms with Gasteiger partial charge < -0.3 is 24.5 Å². The van der Waals surface area contributed by atoms with Gasteiger partial charge in [0.2, 0.25) is 0 Å². The predicted octanol–water partition coefficient (Wildman–Crippen LogP) is 2.72. The smallest absolute Gasteiger partial charge is 0.329 e. The fourth-order valence-corrected chi connectivity index (χ4v) is 3.00. The highest BCUT2D eigenvalue weighted by atomic mass is 16.6. The molecule has 34 heavy (non-hydrogen) atoms. The Hall–Kier alpha value is -4.67. The van der Waals surface area contributed by atoms with E-state index in [1.807, 2.05) is 6.07 Å². The number of methoxy groups -OCH3 is 1. The lowest BCUT2D eigenvalue weighted by Gasteiger charge is -2.17. The first-order valence-electron chi connectivity index (χ1n) is 10.0. The van der Waals surface area contributed by atoms with Crippen molar-refractivity contribution in [3.8, 4) is 5.75 Å². The molecule has 11 nitrogen and oxygen atoms in total. The number of anilines is 1. The molecule has 2 aromatic carbocycles. The lowest BCUT2D eigenvalue weighted by Crippen LogP contribution is -2.44. The van der Waals surface area contributed by atoms with Crippen LogP contribution in [-0.2, 0) is 20.7 Å². The van der Waals surface area contributed by atoms with Gasteiger partial charge in [-0.2, -0.15) is 0 Å². The second kappa shape index (κ2) is 11.3. The highest BCUT2D eigenvalue weighted by Crippen LogP contribution is 2.28. The lowest BCUT2D eigenvalue weighted by molar-refractivity contribution is -0.384. The number of furan rings is 1. The zero-order valence-electron chi connectivity index (χ0n) is 18.1. The molecule has 1 aromatic heterocycles. The van der Waals surface area contributed by atoms with Crippen molar-refractivity contribution in [1.82, 2.24) is 5.32 Å². The number of non-ortho nitro benzene ring substituents is 1. The Morgan fingerprint density at radius 2 is 1.85 bits per heavy atom. The van der Waals surface area contributed by atoms with Crippen LogP contribution in [0.5, 0.6) is 5.75 Å². The fourth-order valence-electron chi connectivity index (χ4n) is 3.00. The van der Waals surface area contributed by atoms with Crippen LogP contribution in [0.2, 0.25) is 0 Å². The Labute approximate surface area is 193 Å². The van der Waals surface area contributed by atoms with Crippen molar-refractivity contribution < 1.29 is 33.2 Å². The Kier molecular flexibility index (Phi) is 7.95.